The van der Waals surface area contributed by atoms with E-state index in [1.54, 1.807) is 16.7 Å². The minimum Gasteiger partial charge on any atom is -0.399 e. The third-order valence-electron chi connectivity index (χ3n) is 4.81. The molecule has 0 aliphatic carbocycles. The summed E-state index contributed by atoms with van der Waals surface area (Å²) in [5.41, 5.74) is 8.71. The molecule has 2 aromatic carbocycles. The smallest absolute Gasteiger partial charge is 0.320 e. The lowest BCUT2D eigenvalue weighted by atomic mass is 10.1. The molecule has 0 spiro atoms. The molecule has 1 unspecified atom stereocenters. The quantitative estimate of drug-likeness (QED) is 0.820. The van der Waals surface area contributed by atoms with Gasteiger partial charge in [0.2, 0.25) is 0 Å². The predicted molar refractivity (Wildman–Crippen MR) is 114 cm³/mol. The van der Waals surface area contributed by atoms with E-state index in [-0.39, 0.29) is 18.1 Å². The first-order valence-corrected chi connectivity index (χ1v) is 10.0. The lowest BCUT2D eigenvalue weighted by Crippen LogP contribution is -2.50. The Kier molecular flexibility index (Phi) is 6.06. The summed E-state index contributed by atoms with van der Waals surface area (Å²) in [5, 5.41) is 1.01. The number of hydrogen-bond acceptors (Lipinski definition) is 4. The molecule has 1 aliphatic rings. The molecule has 0 bridgehead atoms. The van der Waals surface area contributed by atoms with E-state index < -0.39 is 0 Å². The van der Waals surface area contributed by atoms with Gasteiger partial charge in [-0.25, -0.2) is 4.79 Å². The molecule has 27 heavy (non-hydrogen) atoms. The van der Waals surface area contributed by atoms with Crippen LogP contribution in [0.15, 0.2) is 59.6 Å². The molecule has 142 valence electrons. The predicted octanol–water partition coefficient (Wildman–Crippen LogP) is 3.70. The molecule has 1 heterocycles. The third kappa shape index (κ3) is 4.63. The summed E-state index contributed by atoms with van der Waals surface area (Å²) in [4.78, 5) is 21.3. The van der Waals surface area contributed by atoms with Crippen molar-refractivity contribution in [2.24, 2.45) is 4.99 Å². The van der Waals surface area contributed by atoms with E-state index in [9.17, 15) is 4.79 Å². The Balaban J connectivity index is 1.65. The highest BCUT2D eigenvalue weighted by molar-refractivity contribution is 8.14. The van der Waals surface area contributed by atoms with E-state index in [1.165, 1.54) is 0 Å². The van der Waals surface area contributed by atoms with Crippen molar-refractivity contribution in [3.63, 3.8) is 0 Å². The maximum absolute atomic E-state index is 12.9. The lowest BCUT2D eigenvalue weighted by Gasteiger charge is -2.36. The van der Waals surface area contributed by atoms with Crippen LogP contribution in [0.3, 0.4) is 0 Å². The van der Waals surface area contributed by atoms with Crippen molar-refractivity contribution in [3.8, 4) is 0 Å². The molecule has 0 fully saturated rings. The van der Waals surface area contributed by atoms with Gasteiger partial charge >= 0.3 is 6.03 Å². The van der Waals surface area contributed by atoms with Crippen molar-refractivity contribution < 1.29 is 4.79 Å². The van der Waals surface area contributed by atoms with Gasteiger partial charge in [-0.2, -0.15) is 0 Å². The van der Waals surface area contributed by atoms with Crippen LogP contribution < -0.4 is 5.73 Å². The summed E-state index contributed by atoms with van der Waals surface area (Å²) >= 11 is 1.69. The second-order valence-corrected chi connectivity index (χ2v) is 7.92. The number of likely N-dealkylation sites (N-methyl/N-ethyl adjacent to an activating group) is 1. The SMILES string of the molecule is C[C@H]1N=C(c2ccc(N)cc2)SCC1N(C)C(=O)N(C)Cc1ccccc1. The Labute approximate surface area is 165 Å². The van der Waals surface area contributed by atoms with Gasteiger partial charge < -0.3 is 15.5 Å². The molecule has 5 nitrogen and oxygen atoms in total. The molecule has 0 radical (unpaired) electrons. The number of urea groups is 1. The number of benzene rings is 2. The van der Waals surface area contributed by atoms with E-state index >= 15 is 0 Å². The van der Waals surface area contributed by atoms with Crippen LogP contribution in [0.2, 0.25) is 0 Å². The molecule has 2 amide bonds. The van der Waals surface area contributed by atoms with Crippen molar-refractivity contribution in [2.45, 2.75) is 25.6 Å². The molecule has 2 atom stereocenters. The number of carbonyl (C=O) groups is 1. The van der Waals surface area contributed by atoms with Crippen LogP contribution in [0.5, 0.6) is 0 Å². The average Bonchev–Trinajstić information content (AvgIpc) is 2.68. The van der Waals surface area contributed by atoms with Gasteiger partial charge in [-0.3, -0.25) is 4.99 Å². The fraction of sp³-hybridized carbons (Fsp3) is 0.333. The number of hydrogen-bond donors (Lipinski definition) is 1. The minimum atomic E-state index is 0.0161. The summed E-state index contributed by atoms with van der Waals surface area (Å²) in [6.07, 6.45) is 0. The van der Waals surface area contributed by atoms with E-state index in [4.69, 9.17) is 10.7 Å². The zero-order valence-corrected chi connectivity index (χ0v) is 16.8. The Morgan fingerprint density at radius 3 is 2.44 bits per heavy atom. The van der Waals surface area contributed by atoms with Gasteiger partial charge in [0.1, 0.15) is 0 Å². The first-order chi connectivity index (χ1) is 13.0. The molecule has 3 rings (SSSR count). The van der Waals surface area contributed by atoms with Gasteiger partial charge in [0, 0.05) is 37.6 Å². The maximum Gasteiger partial charge on any atom is 0.320 e. The first-order valence-electron chi connectivity index (χ1n) is 9.04. The largest absolute Gasteiger partial charge is 0.399 e. The minimum absolute atomic E-state index is 0.0161. The number of anilines is 1. The molecular formula is C21H26N4OS. The number of thioether (sulfide) groups is 1. The Bertz CT molecular complexity index is 807. The van der Waals surface area contributed by atoms with Crippen molar-refractivity contribution in [1.29, 1.82) is 0 Å². The molecule has 2 aromatic rings. The van der Waals surface area contributed by atoms with E-state index in [1.807, 2.05) is 73.6 Å². The number of nitrogens with two attached hydrogens (primary N) is 1. The molecule has 6 heteroatoms. The van der Waals surface area contributed by atoms with Crippen molar-refractivity contribution >= 4 is 28.5 Å². The average molecular weight is 383 g/mol. The molecule has 0 aromatic heterocycles. The number of nitrogen functional groups attached to an aromatic ring is 1. The normalized spacial score (nSPS) is 19.3. The number of nitrogens with zero attached hydrogens (tertiary/aromatic N) is 3. The molecule has 2 N–H and O–H groups in total. The monoisotopic (exact) mass is 382 g/mol. The summed E-state index contributed by atoms with van der Waals surface area (Å²) in [5.74, 6) is 0.825. The Morgan fingerprint density at radius 1 is 1.15 bits per heavy atom. The highest BCUT2D eigenvalue weighted by Gasteiger charge is 2.31. The number of carbonyl (C=O) groups excluding carboxylic acids is 1. The highest BCUT2D eigenvalue weighted by atomic mass is 32.2. The first kappa shape index (κ1) is 19.3. The van der Waals surface area contributed by atoms with Gasteiger partial charge in [-0.15, -0.1) is 11.8 Å². The Morgan fingerprint density at radius 2 is 1.81 bits per heavy atom. The Hall–Kier alpha value is -2.47. The van der Waals surface area contributed by atoms with Gasteiger partial charge in [-0.1, -0.05) is 42.5 Å². The van der Waals surface area contributed by atoms with Gasteiger partial charge in [0.25, 0.3) is 0 Å². The number of amides is 2. The van der Waals surface area contributed by atoms with Crippen molar-refractivity contribution in [1.82, 2.24) is 9.80 Å². The topological polar surface area (TPSA) is 61.9 Å². The fourth-order valence-electron chi connectivity index (χ4n) is 3.17. The highest BCUT2D eigenvalue weighted by Crippen LogP contribution is 2.26. The zero-order valence-electron chi connectivity index (χ0n) is 16.0. The summed E-state index contributed by atoms with van der Waals surface area (Å²) in [6.45, 7) is 2.67. The second kappa shape index (κ2) is 8.48. The summed E-state index contributed by atoms with van der Waals surface area (Å²) < 4.78 is 0. The van der Waals surface area contributed by atoms with Crippen LogP contribution in [0.25, 0.3) is 0 Å². The standard InChI is InChI=1S/C21H26N4OS/c1-15-19(14-27-20(23-15)17-9-11-18(22)12-10-17)25(3)21(26)24(2)13-16-7-5-4-6-8-16/h4-12,15,19H,13-14,22H2,1-3H3/t15-,19?/m1/s1. The van der Waals surface area contributed by atoms with Crippen molar-refractivity contribution in [2.75, 3.05) is 25.6 Å². The fourth-order valence-corrected chi connectivity index (χ4v) is 4.54. The maximum atomic E-state index is 12.9. The van der Waals surface area contributed by atoms with Crippen LogP contribution in [-0.4, -0.2) is 52.8 Å². The van der Waals surface area contributed by atoms with E-state index in [0.717, 1.165) is 27.6 Å². The molecule has 0 saturated carbocycles. The van der Waals surface area contributed by atoms with E-state index in [2.05, 4.69) is 6.92 Å². The molecular weight excluding hydrogens is 356 g/mol. The van der Waals surface area contributed by atoms with Gasteiger partial charge in [-0.05, 0) is 24.6 Å². The van der Waals surface area contributed by atoms with Crippen LogP contribution >= 0.6 is 11.8 Å². The van der Waals surface area contributed by atoms with Crippen LogP contribution in [0, 0.1) is 0 Å². The number of rotatable bonds is 4. The molecule has 1 aliphatic heterocycles. The van der Waals surface area contributed by atoms with Gasteiger partial charge in [0.15, 0.2) is 0 Å². The third-order valence-corrected chi connectivity index (χ3v) is 5.94. The van der Waals surface area contributed by atoms with Crippen molar-refractivity contribution in [3.05, 3.63) is 65.7 Å². The summed E-state index contributed by atoms with van der Waals surface area (Å²) in [7, 11) is 3.71. The molecule has 0 saturated heterocycles. The van der Waals surface area contributed by atoms with Crippen LogP contribution in [0.1, 0.15) is 18.1 Å². The lowest BCUT2D eigenvalue weighted by molar-refractivity contribution is 0.153. The summed E-state index contributed by atoms with van der Waals surface area (Å²) in [6, 6.07) is 17.9. The van der Waals surface area contributed by atoms with Gasteiger partial charge in [0.05, 0.1) is 17.1 Å². The van der Waals surface area contributed by atoms with Crippen LogP contribution in [-0.2, 0) is 6.54 Å². The zero-order chi connectivity index (χ0) is 19.4. The number of aliphatic imine (C=N–C) groups is 1. The van der Waals surface area contributed by atoms with Crippen LogP contribution in [0.4, 0.5) is 10.5 Å². The second-order valence-electron chi connectivity index (χ2n) is 6.91. The van der Waals surface area contributed by atoms with E-state index in [0.29, 0.717) is 6.54 Å².